The number of carbonyl (C=O) groups excluding carboxylic acids is 5. The van der Waals surface area contributed by atoms with Crippen molar-refractivity contribution in [1.82, 2.24) is 0 Å². The van der Waals surface area contributed by atoms with Crippen molar-refractivity contribution in [3.8, 4) is 11.5 Å². The van der Waals surface area contributed by atoms with Crippen LogP contribution >= 0.6 is 0 Å². The highest BCUT2D eigenvalue weighted by Gasteiger charge is 2.53. The van der Waals surface area contributed by atoms with Gasteiger partial charge in [0.1, 0.15) is 29.8 Å². The molecule has 1 aliphatic rings. The van der Waals surface area contributed by atoms with E-state index in [2.05, 4.69) is 0 Å². The Kier molecular flexibility index (Phi) is 10.4. The van der Waals surface area contributed by atoms with Gasteiger partial charge in [0.2, 0.25) is 12.4 Å². The molecule has 1 aromatic carbocycles. The van der Waals surface area contributed by atoms with Crippen LogP contribution in [0.1, 0.15) is 63.9 Å². The summed E-state index contributed by atoms with van der Waals surface area (Å²) in [5, 5.41) is 10.5. The van der Waals surface area contributed by atoms with Gasteiger partial charge < -0.3 is 33.5 Å². The van der Waals surface area contributed by atoms with Crippen LogP contribution in [-0.4, -0.2) is 72.1 Å². The number of aromatic hydroxyl groups is 1. The number of Topliss-reactive ketones (excluding diaryl/α,β-unsaturated/α-hetero) is 1. The van der Waals surface area contributed by atoms with Gasteiger partial charge >= 0.3 is 23.9 Å². The van der Waals surface area contributed by atoms with Gasteiger partial charge in [-0.3, -0.25) is 24.0 Å². The van der Waals surface area contributed by atoms with Crippen molar-refractivity contribution in [1.29, 1.82) is 0 Å². The summed E-state index contributed by atoms with van der Waals surface area (Å²) >= 11 is 0. The van der Waals surface area contributed by atoms with Crippen molar-refractivity contribution in [3.05, 3.63) is 23.3 Å². The third kappa shape index (κ3) is 8.17. The van der Waals surface area contributed by atoms with Gasteiger partial charge in [-0.15, -0.1) is 0 Å². The molecule has 2 rings (SSSR count). The third-order valence-electron chi connectivity index (χ3n) is 5.22. The zero-order valence-electron chi connectivity index (χ0n) is 21.6. The fourth-order valence-electron chi connectivity index (χ4n) is 3.94. The molecule has 1 fully saturated rings. The smallest absolute Gasteiger partial charge is 0.303 e. The predicted octanol–water partition coefficient (Wildman–Crippen LogP) is 2.01. The molecule has 0 radical (unpaired) electrons. The van der Waals surface area contributed by atoms with Crippen molar-refractivity contribution in [2.75, 3.05) is 6.61 Å². The summed E-state index contributed by atoms with van der Waals surface area (Å²) in [6.45, 7) is 7.19. The third-order valence-corrected chi connectivity index (χ3v) is 5.22. The molecular formula is C25H32O12. The van der Waals surface area contributed by atoms with Crippen molar-refractivity contribution in [3.63, 3.8) is 0 Å². The minimum absolute atomic E-state index is 0.0724. The summed E-state index contributed by atoms with van der Waals surface area (Å²) in [4.78, 5) is 59.6. The van der Waals surface area contributed by atoms with Crippen LogP contribution in [0.4, 0.5) is 0 Å². The number of hydrogen-bond acceptors (Lipinski definition) is 12. The van der Waals surface area contributed by atoms with Gasteiger partial charge in [-0.05, 0) is 31.0 Å². The number of esters is 4. The number of benzene rings is 1. The Morgan fingerprint density at radius 1 is 0.838 bits per heavy atom. The first-order valence-electron chi connectivity index (χ1n) is 11.7. The molecule has 1 saturated heterocycles. The molecule has 0 unspecified atom stereocenters. The first-order chi connectivity index (χ1) is 17.3. The van der Waals surface area contributed by atoms with E-state index >= 15 is 0 Å². The molecule has 1 aliphatic heterocycles. The molecule has 204 valence electrons. The standard InChI is InChI=1S/C25H32O12/c1-7-8-17-9-18(31)21(12(2)26)19(10-17)36-25-24(35-16(6)30)23(34-15(5)29)22(33-14(4)28)20(37-25)11-32-13(3)27/h9-10,20,22-25,31H,7-8,11H2,1-6H3/t20-,22-,23+,24-,25-/m1/s1. The van der Waals surface area contributed by atoms with Crippen LogP contribution in [0.2, 0.25) is 0 Å². The molecule has 0 bridgehead atoms. The zero-order chi connectivity index (χ0) is 27.9. The normalized spacial score (nSPS) is 22.9. The first kappa shape index (κ1) is 29.6. The fourth-order valence-corrected chi connectivity index (χ4v) is 3.94. The Hall–Kier alpha value is -3.67. The number of hydrogen-bond donors (Lipinski definition) is 1. The van der Waals surface area contributed by atoms with Gasteiger partial charge in [-0.25, -0.2) is 0 Å². The van der Waals surface area contributed by atoms with Gasteiger partial charge in [0, 0.05) is 27.7 Å². The Balaban J connectivity index is 2.62. The van der Waals surface area contributed by atoms with Crippen molar-refractivity contribution in [2.24, 2.45) is 0 Å². The first-order valence-corrected chi connectivity index (χ1v) is 11.7. The molecule has 0 aliphatic carbocycles. The molecule has 1 N–H and O–H groups in total. The average molecular weight is 525 g/mol. The predicted molar refractivity (Wildman–Crippen MR) is 125 cm³/mol. The lowest BCUT2D eigenvalue weighted by atomic mass is 9.97. The SMILES string of the molecule is CCCc1cc(O)c(C(C)=O)c(O[C@@H]2O[C@H](COC(C)=O)[C@@H](OC(C)=O)[C@H](OC(C)=O)[C@H]2OC(C)=O)c1. The van der Waals surface area contributed by atoms with E-state index in [4.69, 9.17) is 28.4 Å². The van der Waals surface area contributed by atoms with E-state index in [0.717, 1.165) is 34.1 Å². The quantitative estimate of drug-likeness (QED) is 0.270. The highest BCUT2D eigenvalue weighted by atomic mass is 16.7. The molecule has 5 atom stereocenters. The van der Waals surface area contributed by atoms with Crippen LogP contribution in [-0.2, 0) is 49.3 Å². The topological polar surface area (TPSA) is 161 Å². The minimum atomic E-state index is -1.53. The Bertz CT molecular complexity index is 1030. The van der Waals surface area contributed by atoms with Crippen LogP contribution in [0.15, 0.2) is 12.1 Å². The summed E-state index contributed by atoms with van der Waals surface area (Å²) in [6, 6.07) is 2.98. The molecule has 1 heterocycles. The summed E-state index contributed by atoms with van der Waals surface area (Å²) in [6.07, 6.45) is -5.72. The molecule has 0 aromatic heterocycles. The van der Waals surface area contributed by atoms with Crippen LogP contribution in [0.3, 0.4) is 0 Å². The Morgan fingerprint density at radius 3 is 1.92 bits per heavy atom. The molecule has 12 nitrogen and oxygen atoms in total. The van der Waals surface area contributed by atoms with Crippen molar-refractivity contribution in [2.45, 2.75) is 85.1 Å². The van der Waals surface area contributed by atoms with Gasteiger partial charge in [-0.2, -0.15) is 0 Å². The van der Waals surface area contributed by atoms with Crippen molar-refractivity contribution >= 4 is 29.7 Å². The molecular weight excluding hydrogens is 492 g/mol. The van der Waals surface area contributed by atoms with E-state index in [1.165, 1.54) is 19.1 Å². The van der Waals surface area contributed by atoms with Crippen LogP contribution < -0.4 is 4.74 Å². The average Bonchev–Trinajstić information content (AvgIpc) is 2.75. The van der Waals surface area contributed by atoms with E-state index in [9.17, 15) is 29.1 Å². The van der Waals surface area contributed by atoms with Gasteiger partial charge in [0.05, 0.1) is 0 Å². The Labute approximate surface area is 214 Å². The summed E-state index contributed by atoms with van der Waals surface area (Å²) in [7, 11) is 0. The number of rotatable bonds is 10. The highest BCUT2D eigenvalue weighted by molar-refractivity contribution is 5.99. The number of phenols is 1. The summed E-state index contributed by atoms with van der Waals surface area (Å²) < 4.78 is 33.0. The lowest BCUT2D eigenvalue weighted by Crippen LogP contribution is -2.63. The molecule has 0 saturated carbocycles. The summed E-state index contributed by atoms with van der Waals surface area (Å²) in [5.41, 5.74) is 0.512. The Morgan fingerprint density at radius 2 is 1.41 bits per heavy atom. The largest absolute Gasteiger partial charge is 0.507 e. The second kappa shape index (κ2) is 13.0. The van der Waals surface area contributed by atoms with E-state index in [0.29, 0.717) is 12.0 Å². The number of ether oxygens (including phenoxy) is 6. The van der Waals surface area contributed by atoms with E-state index < -0.39 is 67.0 Å². The van der Waals surface area contributed by atoms with E-state index in [1.807, 2.05) is 6.92 Å². The number of phenolic OH excluding ortho intramolecular Hbond substituents is 1. The molecule has 0 amide bonds. The van der Waals surface area contributed by atoms with Crippen molar-refractivity contribution < 1.29 is 57.5 Å². The number of aryl methyl sites for hydroxylation is 1. The maximum absolute atomic E-state index is 12.3. The summed E-state index contributed by atoms with van der Waals surface area (Å²) in [5.74, 6) is -3.93. The minimum Gasteiger partial charge on any atom is -0.507 e. The second-order valence-electron chi connectivity index (χ2n) is 8.48. The molecule has 37 heavy (non-hydrogen) atoms. The van der Waals surface area contributed by atoms with Crippen LogP contribution in [0.5, 0.6) is 11.5 Å². The zero-order valence-corrected chi connectivity index (χ0v) is 21.6. The monoisotopic (exact) mass is 524 g/mol. The lowest BCUT2D eigenvalue weighted by Gasteiger charge is -2.44. The van der Waals surface area contributed by atoms with Crippen LogP contribution in [0, 0.1) is 0 Å². The van der Waals surface area contributed by atoms with Gasteiger partial charge in [-0.1, -0.05) is 13.3 Å². The van der Waals surface area contributed by atoms with E-state index in [-0.39, 0.29) is 17.1 Å². The number of carbonyl (C=O) groups is 5. The fraction of sp³-hybridized carbons (Fsp3) is 0.560. The molecule has 12 heteroatoms. The van der Waals surface area contributed by atoms with Gasteiger partial charge in [0.25, 0.3) is 0 Å². The lowest BCUT2D eigenvalue weighted by molar-refractivity contribution is -0.288. The maximum atomic E-state index is 12.3. The second-order valence-corrected chi connectivity index (χ2v) is 8.48. The molecule has 0 spiro atoms. The van der Waals surface area contributed by atoms with E-state index in [1.54, 1.807) is 0 Å². The van der Waals surface area contributed by atoms with Gasteiger partial charge in [0.15, 0.2) is 18.0 Å². The van der Waals surface area contributed by atoms with Crippen LogP contribution in [0.25, 0.3) is 0 Å². The highest BCUT2D eigenvalue weighted by Crippen LogP contribution is 2.35. The molecule has 1 aromatic rings. The number of ketones is 1. The maximum Gasteiger partial charge on any atom is 0.303 e.